The standard InChI is InChI=1S/C14H16O3S/c1-14(2,13(15)16)7-9-8-18-12-6-10(17-3)4-5-11(9)12/h4-6,8H,7H2,1-3H3,(H,15,16). The minimum absolute atomic E-state index is 0.536. The van der Waals surface area contributed by atoms with Crippen molar-refractivity contribution in [3.63, 3.8) is 0 Å². The first-order valence-electron chi connectivity index (χ1n) is 5.71. The van der Waals surface area contributed by atoms with Crippen LogP contribution in [-0.4, -0.2) is 18.2 Å². The molecule has 2 aromatic rings. The maximum Gasteiger partial charge on any atom is 0.309 e. The second-order valence-corrected chi connectivity index (χ2v) is 5.90. The van der Waals surface area contributed by atoms with Gasteiger partial charge in [-0.1, -0.05) is 0 Å². The first-order chi connectivity index (χ1) is 8.44. The van der Waals surface area contributed by atoms with Gasteiger partial charge in [0.2, 0.25) is 0 Å². The van der Waals surface area contributed by atoms with Gasteiger partial charge in [-0.05, 0) is 54.8 Å². The van der Waals surface area contributed by atoms with Crippen LogP contribution in [-0.2, 0) is 11.2 Å². The molecule has 0 spiro atoms. The molecule has 0 amide bonds. The van der Waals surface area contributed by atoms with Crippen molar-refractivity contribution in [3.8, 4) is 5.75 Å². The highest BCUT2D eigenvalue weighted by Gasteiger charge is 2.28. The average molecular weight is 264 g/mol. The van der Waals surface area contributed by atoms with Gasteiger partial charge in [0, 0.05) is 4.70 Å². The molecule has 0 radical (unpaired) electrons. The topological polar surface area (TPSA) is 46.5 Å². The number of aliphatic carboxylic acids is 1. The molecule has 0 fully saturated rings. The number of thiophene rings is 1. The van der Waals surface area contributed by atoms with Crippen LogP contribution in [0.2, 0.25) is 0 Å². The molecule has 0 saturated heterocycles. The smallest absolute Gasteiger partial charge is 0.309 e. The van der Waals surface area contributed by atoms with E-state index in [1.165, 1.54) is 0 Å². The lowest BCUT2D eigenvalue weighted by Crippen LogP contribution is -2.25. The maximum absolute atomic E-state index is 11.2. The van der Waals surface area contributed by atoms with Crippen LogP contribution in [0, 0.1) is 5.41 Å². The van der Waals surface area contributed by atoms with Crippen LogP contribution in [0.15, 0.2) is 23.6 Å². The van der Waals surface area contributed by atoms with Gasteiger partial charge in [-0.15, -0.1) is 11.3 Å². The normalized spacial score (nSPS) is 11.7. The van der Waals surface area contributed by atoms with Gasteiger partial charge in [0.05, 0.1) is 12.5 Å². The highest BCUT2D eigenvalue weighted by atomic mass is 32.1. The fraction of sp³-hybridized carbons (Fsp3) is 0.357. The summed E-state index contributed by atoms with van der Waals surface area (Å²) in [6.07, 6.45) is 0.536. The molecule has 96 valence electrons. The molecule has 0 aliphatic rings. The van der Waals surface area contributed by atoms with Crippen LogP contribution in [0.5, 0.6) is 5.75 Å². The quantitative estimate of drug-likeness (QED) is 0.918. The van der Waals surface area contributed by atoms with Crippen molar-refractivity contribution in [2.24, 2.45) is 5.41 Å². The van der Waals surface area contributed by atoms with Gasteiger partial charge in [-0.25, -0.2) is 0 Å². The summed E-state index contributed by atoms with van der Waals surface area (Å²) < 4.78 is 6.31. The van der Waals surface area contributed by atoms with E-state index in [4.69, 9.17) is 4.74 Å². The molecule has 18 heavy (non-hydrogen) atoms. The molecule has 0 bridgehead atoms. The van der Waals surface area contributed by atoms with Crippen molar-refractivity contribution in [1.82, 2.24) is 0 Å². The van der Waals surface area contributed by atoms with Crippen LogP contribution in [0.25, 0.3) is 10.1 Å². The van der Waals surface area contributed by atoms with Crippen molar-refractivity contribution in [1.29, 1.82) is 0 Å². The number of benzene rings is 1. The molecule has 0 saturated carbocycles. The first-order valence-corrected chi connectivity index (χ1v) is 6.59. The van der Waals surface area contributed by atoms with E-state index in [-0.39, 0.29) is 0 Å². The van der Waals surface area contributed by atoms with Crippen molar-refractivity contribution < 1.29 is 14.6 Å². The lowest BCUT2D eigenvalue weighted by molar-refractivity contribution is -0.146. The van der Waals surface area contributed by atoms with E-state index in [0.717, 1.165) is 21.4 Å². The number of hydrogen-bond donors (Lipinski definition) is 1. The zero-order chi connectivity index (χ0) is 13.3. The van der Waals surface area contributed by atoms with Crippen LogP contribution in [0.1, 0.15) is 19.4 Å². The fourth-order valence-electron chi connectivity index (χ4n) is 1.88. The second-order valence-electron chi connectivity index (χ2n) is 4.99. The number of methoxy groups -OCH3 is 1. The van der Waals surface area contributed by atoms with Gasteiger partial charge < -0.3 is 9.84 Å². The Hall–Kier alpha value is -1.55. The third kappa shape index (κ3) is 2.34. The molecular formula is C14H16O3S. The molecule has 0 aliphatic heterocycles. The summed E-state index contributed by atoms with van der Waals surface area (Å²) in [5.74, 6) is 0.0590. The Kier molecular flexibility index (Phi) is 3.30. The Morgan fingerprint density at radius 3 is 2.78 bits per heavy atom. The highest BCUT2D eigenvalue weighted by Crippen LogP contribution is 2.33. The summed E-state index contributed by atoms with van der Waals surface area (Å²) in [6, 6.07) is 5.89. The molecule has 1 aromatic carbocycles. The van der Waals surface area contributed by atoms with Gasteiger partial charge in [0.1, 0.15) is 5.75 Å². The molecule has 0 unspecified atom stereocenters. The molecular weight excluding hydrogens is 248 g/mol. The summed E-state index contributed by atoms with van der Waals surface area (Å²) in [6.45, 7) is 3.50. The molecule has 4 heteroatoms. The number of carboxylic acid groups (broad SMARTS) is 1. The Morgan fingerprint density at radius 1 is 1.44 bits per heavy atom. The van der Waals surface area contributed by atoms with E-state index >= 15 is 0 Å². The maximum atomic E-state index is 11.2. The van der Waals surface area contributed by atoms with Gasteiger partial charge in [-0.2, -0.15) is 0 Å². The Balaban J connectivity index is 2.38. The predicted molar refractivity (Wildman–Crippen MR) is 73.5 cm³/mol. The molecule has 0 aliphatic carbocycles. The molecule has 1 N–H and O–H groups in total. The van der Waals surface area contributed by atoms with Crippen LogP contribution in [0.4, 0.5) is 0 Å². The number of hydrogen-bond acceptors (Lipinski definition) is 3. The minimum Gasteiger partial charge on any atom is -0.497 e. The monoisotopic (exact) mass is 264 g/mol. The number of carboxylic acids is 1. The summed E-state index contributed by atoms with van der Waals surface area (Å²) in [7, 11) is 1.64. The molecule has 0 atom stereocenters. The summed E-state index contributed by atoms with van der Waals surface area (Å²) in [5, 5.41) is 12.3. The van der Waals surface area contributed by atoms with E-state index in [0.29, 0.717) is 6.42 Å². The lowest BCUT2D eigenvalue weighted by atomic mass is 9.86. The number of rotatable bonds is 4. The SMILES string of the molecule is COc1ccc2c(CC(C)(C)C(=O)O)csc2c1. The summed E-state index contributed by atoms with van der Waals surface area (Å²) in [4.78, 5) is 11.2. The van der Waals surface area contributed by atoms with E-state index in [1.807, 2.05) is 23.6 Å². The molecule has 1 aromatic heterocycles. The molecule has 2 rings (SSSR count). The Bertz CT molecular complexity index is 584. The summed E-state index contributed by atoms with van der Waals surface area (Å²) >= 11 is 1.62. The minimum atomic E-state index is -0.768. The average Bonchev–Trinajstić information content (AvgIpc) is 2.71. The molecule has 3 nitrogen and oxygen atoms in total. The third-order valence-corrected chi connectivity index (χ3v) is 4.07. The fourth-order valence-corrected chi connectivity index (χ4v) is 2.87. The van der Waals surface area contributed by atoms with Gasteiger partial charge in [-0.3, -0.25) is 4.79 Å². The van der Waals surface area contributed by atoms with E-state index in [2.05, 4.69) is 0 Å². The van der Waals surface area contributed by atoms with Gasteiger partial charge >= 0.3 is 5.97 Å². The van der Waals surface area contributed by atoms with Crippen molar-refractivity contribution in [3.05, 3.63) is 29.1 Å². The zero-order valence-corrected chi connectivity index (χ0v) is 11.5. The number of ether oxygens (including phenoxy) is 1. The van der Waals surface area contributed by atoms with Gasteiger partial charge in [0.25, 0.3) is 0 Å². The number of carbonyl (C=O) groups is 1. The van der Waals surface area contributed by atoms with Gasteiger partial charge in [0.15, 0.2) is 0 Å². The van der Waals surface area contributed by atoms with Crippen LogP contribution in [0.3, 0.4) is 0 Å². The van der Waals surface area contributed by atoms with E-state index in [1.54, 1.807) is 32.3 Å². The lowest BCUT2D eigenvalue weighted by Gasteiger charge is -2.18. The van der Waals surface area contributed by atoms with Crippen molar-refractivity contribution in [2.45, 2.75) is 20.3 Å². The van der Waals surface area contributed by atoms with E-state index < -0.39 is 11.4 Å². The van der Waals surface area contributed by atoms with E-state index in [9.17, 15) is 9.90 Å². The predicted octanol–water partition coefficient (Wildman–Crippen LogP) is 3.56. The zero-order valence-electron chi connectivity index (χ0n) is 10.7. The second kappa shape index (κ2) is 4.61. The first kappa shape index (κ1) is 12.9. The molecule has 1 heterocycles. The van der Waals surface area contributed by atoms with Crippen LogP contribution < -0.4 is 4.74 Å². The Morgan fingerprint density at radius 2 is 2.17 bits per heavy atom. The van der Waals surface area contributed by atoms with Crippen molar-refractivity contribution >= 4 is 27.4 Å². The Labute approximate surface area is 110 Å². The van der Waals surface area contributed by atoms with Crippen molar-refractivity contribution in [2.75, 3.05) is 7.11 Å². The number of fused-ring (bicyclic) bond motifs is 1. The van der Waals surface area contributed by atoms with Crippen LogP contribution >= 0.6 is 11.3 Å². The highest BCUT2D eigenvalue weighted by molar-refractivity contribution is 7.17. The summed E-state index contributed by atoms with van der Waals surface area (Å²) in [5.41, 5.74) is 0.346. The largest absolute Gasteiger partial charge is 0.497 e. The third-order valence-electron chi connectivity index (χ3n) is 3.07.